The third-order valence-corrected chi connectivity index (χ3v) is 7.52. The topological polar surface area (TPSA) is 34.0 Å². The monoisotopic (exact) mass is 490 g/mol. The molecule has 1 aliphatic carbocycles. The molecule has 3 aromatic rings. The van der Waals surface area contributed by atoms with Crippen molar-refractivity contribution in [2.24, 2.45) is 13.0 Å². The summed E-state index contributed by atoms with van der Waals surface area (Å²) in [4.78, 5) is 2.42. The average molecular weight is 491 g/mol. The van der Waals surface area contributed by atoms with E-state index in [1.165, 1.54) is 24.3 Å². The van der Waals surface area contributed by atoms with Crippen molar-refractivity contribution < 1.29 is 22.0 Å². The summed E-state index contributed by atoms with van der Waals surface area (Å²) in [5.41, 5.74) is 0.674. The van der Waals surface area contributed by atoms with Gasteiger partial charge in [0, 0.05) is 38.0 Å². The van der Waals surface area contributed by atoms with E-state index < -0.39 is 23.4 Å². The standard InChI is InChI=1S/C26H27F5N4/c1-34-23(32-33-24(34)21-11-10-20(27)13-22(21)28)5-3-2-4-12-35-15-19-14-25(19,16-35)17-6-8-18(9-7-17)26(29,30)31/h6-11,13,19H,2-5,12,14-16H2,1H3/t19-,25+/m0/s1. The summed E-state index contributed by atoms with van der Waals surface area (Å²) >= 11 is 0. The molecule has 2 fully saturated rings. The Bertz CT molecular complexity index is 1200. The Balaban J connectivity index is 1.09. The lowest BCUT2D eigenvalue weighted by atomic mass is 9.94. The molecular formula is C26H27F5N4. The Hall–Kier alpha value is -2.81. The number of unbranched alkanes of at least 4 members (excludes halogenated alkanes) is 2. The lowest BCUT2D eigenvalue weighted by Gasteiger charge is -2.21. The number of aryl methyl sites for hydroxylation is 1. The number of hydrogen-bond acceptors (Lipinski definition) is 3. The van der Waals surface area contributed by atoms with Crippen LogP contribution in [-0.2, 0) is 25.1 Å². The molecule has 2 aliphatic rings. The van der Waals surface area contributed by atoms with Gasteiger partial charge in [0.1, 0.15) is 17.5 Å². The van der Waals surface area contributed by atoms with Gasteiger partial charge >= 0.3 is 6.18 Å². The highest BCUT2D eigenvalue weighted by atomic mass is 19.4. The van der Waals surface area contributed by atoms with Crippen molar-refractivity contribution in [2.45, 2.75) is 43.7 Å². The fourth-order valence-electron chi connectivity index (χ4n) is 5.48. The molecule has 1 saturated carbocycles. The van der Waals surface area contributed by atoms with Gasteiger partial charge in [-0.3, -0.25) is 0 Å². The number of fused-ring (bicyclic) bond motifs is 1. The highest BCUT2D eigenvalue weighted by Crippen LogP contribution is 2.59. The first-order valence-corrected chi connectivity index (χ1v) is 11.9. The molecule has 0 N–H and O–H groups in total. The third kappa shape index (κ3) is 4.70. The van der Waals surface area contributed by atoms with Crippen molar-refractivity contribution >= 4 is 0 Å². The van der Waals surface area contributed by atoms with Crippen LogP contribution in [-0.4, -0.2) is 39.3 Å². The maximum absolute atomic E-state index is 14.1. The first-order valence-electron chi connectivity index (χ1n) is 11.9. The van der Waals surface area contributed by atoms with Crippen LogP contribution in [0.4, 0.5) is 22.0 Å². The molecule has 0 amide bonds. The summed E-state index contributed by atoms with van der Waals surface area (Å²) in [6.45, 7) is 2.86. The van der Waals surface area contributed by atoms with E-state index in [1.807, 2.05) is 0 Å². The Morgan fingerprint density at radius 3 is 2.49 bits per heavy atom. The summed E-state index contributed by atoms with van der Waals surface area (Å²) in [6.07, 6.45) is 0.404. The molecule has 1 saturated heterocycles. The summed E-state index contributed by atoms with van der Waals surface area (Å²) < 4.78 is 67.6. The van der Waals surface area contributed by atoms with Gasteiger partial charge in [0.25, 0.3) is 0 Å². The normalized spacial score (nSPS) is 21.9. The second kappa shape index (κ2) is 9.00. The predicted molar refractivity (Wildman–Crippen MR) is 122 cm³/mol. The summed E-state index contributed by atoms with van der Waals surface area (Å²) in [5.74, 6) is 0.372. The van der Waals surface area contributed by atoms with Crippen molar-refractivity contribution in [1.29, 1.82) is 0 Å². The van der Waals surface area contributed by atoms with Crippen molar-refractivity contribution in [3.8, 4) is 11.4 Å². The molecule has 1 aliphatic heterocycles. The zero-order valence-electron chi connectivity index (χ0n) is 19.5. The molecule has 0 unspecified atom stereocenters. The van der Waals surface area contributed by atoms with Crippen LogP contribution in [0, 0.1) is 17.6 Å². The number of rotatable bonds is 8. The average Bonchev–Trinajstić information content (AvgIpc) is 3.19. The molecule has 2 atom stereocenters. The van der Waals surface area contributed by atoms with E-state index >= 15 is 0 Å². The maximum Gasteiger partial charge on any atom is 0.416 e. The second-order valence-corrected chi connectivity index (χ2v) is 9.80. The Morgan fingerprint density at radius 2 is 1.77 bits per heavy atom. The van der Waals surface area contributed by atoms with Gasteiger partial charge in [-0.15, -0.1) is 10.2 Å². The minimum Gasteiger partial charge on any atom is -0.314 e. The van der Waals surface area contributed by atoms with Crippen molar-refractivity contribution in [3.63, 3.8) is 0 Å². The molecule has 186 valence electrons. The minimum atomic E-state index is -4.30. The van der Waals surface area contributed by atoms with E-state index in [0.717, 1.165) is 62.8 Å². The summed E-state index contributed by atoms with van der Waals surface area (Å²) in [5, 5.41) is 8.27. The molecule has 2 aromatic carbocycles. The molecule has 0 radical (unpaired) electrons. The molecule has 2 heterocycles. The van der Waals surface area contributed by atoms with E-state index in [9.17, 15) is 22.0 Å². The number of piperidine rings is 1. The molecule has 0 spiro atoms. The van der Waals surface area contributed by atoms with Gasteiger partial charge in [-0.1, -0.05) is 18.6 Å². The first kappa shape index (κ1) is 23.9. The molecule has 1 aromatic heterocycles. The third-order valence-electron chi connectivity index (χ3n) is 7.52. The number of benzene rings is 2. The van der Waals surface area contributed by atoms with Gasteiger partial charge in [-0.05, 0) is 61.6 Å². The zero-order valence-corrected chi connectivity index (χ0v) is 19.5. The number of hydrogen-bond donors (Lipinski definition) is 0. The van der Waals surface area contributed by atoms with Crippen molar-refractivity contribution in [2.75, 3.05) is 19.6 Å². The van der Waals surface area contributed by atoms with Crippen LogP contribution in [0.15, 0.2) is 42.5 Å². The van der Waals surface area contributed by atoms with E-state index in [1.54, 1.807) is 23.7 Å². The molecule has 5 rings (SSSR count). The maximum atomic E-state index is 14.1. The fraction of sp³-hybridized carbons (Fsp3) is 0.462. The highest BCUT2D eigenvalue weighted by molar-refractivity contribution is 5.56. The van der Waals surface area contributed by atoms with E-state index in [2.05, 4.69) is 15.1 Å². The highest BCUT2D eigenvalue weighted by Gasteiger charge is 2.60. The van der Waals surface area contributed by atoms with Crippen LogP contribution in [0.2, 0.25) is 0 Å². The van der Waals surface area contributed by atoms with Gasteiger partial charge in [0.15, 0.2) is 5.82 Å². The van der Waals surface area contributed by atoms with Crippen molar-refractivity contribution in [1.82, 2.24) is 19.7 Å². The zero-order chi connectivity index (χ0) is 24.8. The van der Waals surface area contributed by atoms with Crippen LogP contribution in [0.5, 0.6) is 0 Å². The molecule has 35 heavy (non-hydrogen) atoms. The quantitative estimate of drug-likeness (QED) is 0.297. The lowest BCUT2D eigenvalue weighted by molar-refractivity contribution is -0.137. The number of likely N-dealkylation sites (tertiary alicyclic amines) is 1. The lowest BCUT2D eigenvalue weighted by Crippen LogP contribution is -2.27. The van der Waals surface area contributed by atoms with Gasteiger partial charge in [-0.2, -0.15) is 13.2 Å². The van der Waals surface area contributed by atoms with Gasteiger partial charge in [-0.25, -0.2) is 8.78 Å². The minimum absolute atomic E-state index is 0.0226. The SMILES string of the molecule is Cn1c(CCCCCN2C[C@@H]3C[C@]3(c3ccc(C(F)(F)F)cc3)C2)nnc1-c1ccc(F)cc1F. The van der Waals surface area contributed by atoms with Crippen LogP contribution >= 0.6 is 0 Å². The summed E-state index contributed by atoms with van der Waals surface area (Å²) in [7, 11) is 1.78. The molecule has 4 nitrogen and oxygen atoms in total. The van der Waals surface area contributed by atoms with Gasteiger partial charge in [0.05, 0.1) is 11.1 Å². The summed E-state index contributed by atoms with van der Waals surface area (Å²) in [6, 6.07) is 9.12. The van der Waals surface area contributed by atoms with Crippen LogP contribution < -0.4 is 0 Å². The smallest absolute Gasteiger partial charge is 0.314 e. The van der Waals surface area contributed by atoms with Crippen LogP contribution in [0.3, 0.4) is 0 Å². The number of aromatic nitrogens is 3. The van der Waals surface area contributed by atoms with E-state index in [-0.39, 0.29) is 11.0 Å². The Labute approximate surface area is 200 Å². The Morgan fingerprint density at radius 1 is 1.00 bits per heavy atom. The van der Waals surface area contributed by atoms with Gasteiger partial charge < -0.3 is 9.47 Å². The van der Waals surface area contributed by atoms with Crippen LogP contribution in [0.25, 0.3) is 11.4 Å². The first-order chi connectivity index (χ1) is 16.7. The molecule has 9 heteroatoms. The second-order valence-electron chi connectivity index (χ2n) is 9.80. The molecule has 0 bridgehead atoms. The van der Waals surface area contributed by atoms with Crippen molar-refractivity contribution in [3.05, 3.63) is 71.1 Å². The Kier molecular flexibility index (Phi) is 6.15. The number of alkyl halides is 3. The number of nitrogens with zero attached hydrogens (tertiary/aromatic N) is 4. The largest absolute Gasteiger partial charge is 0.416 e. The molecular weight excluding hydrogens is 463 g/mol. The van der Waals surface area contributed by atoms with E-state index in [0.29, 0.717) is 18.2 Å². The van der Waals surface area contributed by atoms with Gasteiger partial charge in [0.2, 0.25) is 0 Å². The van der Waals surface area contributed by atoms with E-state index in [4.69, 9.17) is 0 Å². The predicted octanol–water partition coefficient (Wildman–Crippen LogP) is 5.77. The number of halogens is 5. The fourth-order valence-corrected chi connectivity index (χ4v) is 5.48. The van der Waals surface area contributed by atoms with Crippen LogP contribution in [0.1, 0.15) is 42.6 Å².